The van der Waals surface area contributed by atoms with Gasteiger partial charge in [-0.15, -0.1) is 5.10 Å². The molecule has 0 fully saturated rings. The van der Waals surface area contributed by atoms with E-state index < -0.39 is 0 Å². The van der Waals surface area contributed by atoms with Gasteiger partial charge in [0.1, 0.15) is 6.07 Å². The van der Waals surface area contributed by atoms with Crippen molar-refractivity contribution in [3.8, 4) is 11.8 Å². The van der Waals surface area contributed by atoms with Gasteiger partial charge in [-0.05, 0) is 31.2 Å². The number of rotatable bonds is 2. The first-order valence-corrected chi connectivity index (χ1v) is 5.23. The first-order chi connectivity index (χ1) is 8.13. The minimum absolute atomic E-state index is 0.363. The van der Waals surface area contributed by atoms with Gasteiger partial charge in [-0.3, -0.25) is 0 Å². The molecule has 1 heterocycles. The summed E-state index contributed by atoms with van der Waals surface area (Å²) in [5, 5.41) is 16.6. The predicted molar refractivity (Wildman–Crippen MR) is 65.1 cm³/mol. The summed E-state index contributed by atoms with van der Waals surface area (Å²) in [4.78, 5) is 2.03. The number of nitriles is 1. The highest BCUT2D eigenvalue weighted by Gasteiger charge is 2.09. The van der Waals surface area contributed by atoms with Crippen molar-refractivity contribution in [2.45, 2.75) is 6.92 Å². The minimum Gasteiger partial charge on any atom is -0.378 e. The van der Waals surface area contributed by atoms with E-state index in [0.29, 0.717) is 5.69 Å². The van der Waals surface area contributed by atoms with Crippen LogP contribution < -0.4 is 4.90 Å². The van der Waals surface area contributed by atoms with Crippen LogP contribution in [0.1, 0.15) is 11.4 Å². The molecule has 0 atom stereocenters. The van der Waals surface area contributed by atoms with Crippen molar-refractivity contribution >= 4 is 5.69 Å². The Labute approximate surface area is 99.9 Å². The molecule has 0 radical (unpaired) electrons. The van der Waals surface area contributed by atoms with Crippen LogP contribution in [0, 0.1) is 18.3 Å². The summed E-state index contributed by atoms with van der Waals surface area (Å²) in [6, 6.07) is 9.93. The van der Waals surface area contributed by atoms with Crippen LogP contribution in [0.2, 0.25) is 0 Å². The lowest BCUT2D eigenvalue weighted by molar-refractivity contribution is 0.784. The third kappa shape index (κ3) is 1.97. The van der Waals surface area contributed by atoms with E-state index in [2.05, 4.69) is 10.3 Å². The second-order valence-corrected chi connectivity index (χ2v) is 3.96. The van der Waals surface area contributed by atoms with Crippen LogP contribution in [0.5, 0.6) is 0 Å². The average molecular weight is 227 g/mol. The zero-order valence-electron chi connectivity index (χ0n) is 10.0. The predicted octanol–water partition coefficient (Wildman–Crippen LogP) is 1.51. The summed E-state index contributed by atoms with van der Waals surface area (Å²) in [5.74, 6) is 0. The number of hydrogen-bond donors (Lipinski definition) is 0. The molecule has 0 unspecified atom stereocenters. The molecule has 0 N–H and O–H groups in total. The van der Waals surface area contributed by atoms with Gasteiger partial charge >= 0.3 is 0 Å². The standard InChI is InChI=1S/C12H13N5/c1-9-12(8-13)14-15-17(9)11-6-4-10(5-7-11)16(2)3/h4-7H,1-3H3. The second kappa shape index (κ2) is 4.26. The van der Waals surface area contributed by atoms with Crippen molar-refractivity contribution in [1.82, 2.24) is 15.0 Å². The zero-order chi connectivity index (χ0) is 12.4. The molecule has 0 aliphatic carbocycles. The van der Waals surface area contributed by atoms with Crippen LogP contribution in [0.4, 0.5) is 5.69 Å². The maximum absolute atomic E-state index is 8.82. The topological polar surface area (TPSA) is 57.7 Å². The monoisotopic (exact) mass is 227 g/mol. The lowest BCUT2D eigenvalue weighted by atomic mass is 10.2. The molecule has 0 aliphatic heterocycles. The van der Waals surface area contributed by atoms with Crippen molar-refractivity contribution < 1.29 is 0 Å². The molecule has 0 saturated heterocycles. The van der Waals surface area contributed by atoms with E-state index in [1.807, 2.05) is 56.3 Å². The molecule has 5 heteroatoms. The number of hydrogen-bond acceptors (Lipinski definition) is 4. The van der Waals surface area contributed by atoms with E-state index in [0.717, 1.165) is 17.1 Å². The van der Waals surface area contributed by atoms with Gasteiger partial charge in [0, 0.05) is 19.8 Å². The van der Waals surface area contributed by atoms with Gasteiger partial charge in [0.2, 0.25) is 0 Å². The van der Waals surface area contributed by atoms with Crippen molar-refractivity contribution in [3.05, 3.63) is 35.7 Å². The Hall–Kier alpha value is -2.35. The lowest BCUT2D eigenvalue weighted by Crippen LogP contribution is -2.08. The highest BCUT2D eigenvalue weighted by atomic mass is 15.4. The maximum atomic E-state index is 8.82. The highest BCUT2D eigenvalue weighted by Crippen LogP contribution is 2.16. The Kier molecular flexibility index (Phi) is 2.79. The summed E-state index contributed by atoms with van der Waals surface area (Å²) in [6.07, 6.45) is 0. The molecule has 86 valence electrons. The van der Waals surface area contributed by atoms with Crippen molar-refractivity contribution in [2.24, 2.45) is 0 Å². The number of anilines is 1. The summed E-state index contributed by atoms with van der Waals surface area (Å²) in [6.45, 7) is 1.83. The molecule has 17 heavy (non-hydrogen) atoms. The van der Waals surface area contributed by atoms with Crippen molar-refractivity contribution in [3.63, 3.8) is 0 Å². The van der Waals surface area contributed by atoms with Crippen LogP contribution in [0.15, 0.2) is 24.3 Å². The molecule has 0 spiro atoms. The largest absolute Gasteiger partial charge is 0.378 e. The summed E-state index contributed by atoms with van der Waals surface area (Å²) in [7, 11) is 3.98. The van der Waals surface area contributed by atoms with E-state index in [1.54, 1.807) is 4.68 Å². The molecule has 0 amide bonds. The van der Waals surface area contributed by atoms with Gasteiger partial charge in [0.15, 0.2) is 5.69 Å². The summed E-state index contributed by atoms with van der Waals surface area (Å²) >= 11 is 0. The normalized spacial score (nSPS) is 10.0. The van der Waals surface area contributed by atoms with Crippen LogP contribution >= 0.6 is 0 Å². The van der Waals surface area contributed by atoms with Gasteiger partial charge in [-0.1, -0.05) is 5.21 Å². The summed E-state index contributed by atoms with van der Waals surface area (Å²) < 4.78 is 1.66. The number of aromatic nitrogens is 3. The molecule has 0 aliphatic rings. The van der Waals surface area contributed by atoms with Gasteiger partial charge in [-0.2, -0.15) is 5.26 Å². The fourth-order valence-corrected chi connectivity index (χ4v) is 1.57. The fraction of sp³-hybridized carbons (Fsp3) is 0.250. The van der Waals surface area contributed by atoms with E-state index in [1.165, 1.54) is 0 Å². The summed E-state index contributed by atoms with van der Waals surface area (Å²) in [5.41, 5.74) is 3.14. The van der Waals surface area contributed by atoms with Crippen LogP contribution in [-0.4, -0.2) is 29.1 Å². The molecule has 2 rings (SSSR count). The third-order valence-corrected chi connectivity index (χ3v) is 2.61. The van der Waals surface area contributed by atoms with Crippen molar-refractivity contribution in [1.29, 1.82) is 5.26 Å². The zero-order valence-corrected chi connectivity index (χ0v) is 10.0. The Morgan fingerprint density at radius 3 is 2.35 bits per heavy atom. The molecule has 0 bridgehead atoms. The molecule has 5 nitrogen and oxygen atoms in total. The van der Waals surface area contributed by atoms with E-state index in [4.69, 9.17) is 5.26 Å². The average Bonchev–Trinajstić information content (AvgIpc) is 2.70. The van der Waals surface area contributed by atoms with E-state index >= 15 is 0 Å². The van der Waals surface area contributed by atoms with Crippen molar-refractivity contribution in [2.75, 3.05) is 19.0 Å². The van der Waals surface area contributed by atoms with Gasteiger partial charge in [-0.25, -0.2) is 4.68 Å². The van der Waals surface area contributed by atoms with E-state index in [-0.39, 0.29) is 0 Å². The first-order valence-electron chi connectivity index (χ1n) is 5.23. The maximum Gasteiger partial charge on any atom is 0.186 e. The molecular formula is C12H13N5. The Morgan fingerprint density at radius 1 is 1.24 bits per heavy atom. The van der Waals surface area contributed by atoms with Crippen LogP contribution in [0.25, 0.3) is 5.69 Å². The third-order valence-electron chi connectivity index (χ3n) is 2.61. The van der Waals surface area contributed by atoms with Gasteiger partial charge in [0.05, 0.1) is 11.4 Å². The molecule has 2 aromatic rings. The molecule has 1 aromatic carbocycles. The van der Waals surface area contributed by atoms with E-state index in [9.17, 15) is 0 Å². The van der Waals surface area contributed by atoms with Crippen LogP contribution in [-0.2, 0) is 0 Å². The smallest absolute Gasteiger partial charge is 0.186 e. The molecule has 0 saturated carbocycles. The Morgan fingerprint density at radius 2 is 1.88 bits per heavy atom. The highest BCUT2D eigenvalue weighted by molar-refractivity contribution is 5.50. The number of benzene rings is 1. The van der Waals surface area contributed by atoms with Gasteiger partial charge in [0.25, 0.3) is 0 Å². The minimum atomic E-state index is 0.363. The fourth-order valence-electron chi connectivity index (χ4n) is 1.57. The SMILES string of the molecule is Cc1c(C#N)nnn1-c1ccc(N(C)C)cc1. The Bertz CT molecular complexity index is 560. The van der Waals surface area contributed by atoms with Crippen LogP contribution in [0.3, 0.4) is 0 Å². The molecular weight excluding hydrogens is 214 g/mol. The van der Waals surface area contributed by atoms with Gasteiger partial charge < -0.3 is 4.90 Å². The first kappa shape index (κ1) is 11.1. The Balaban J connectivity index is 2.40. The lowest BCUT2D eigenvalue weighted by Gasteiger charge is -2.12. The number of nitrogens with zero attached hydrogens (tertiary/aromatic N) is 5. The second-order valence-electron chi connectivity index (χ2n) is 3.96. The quantitative estimate of drug-likeness (QED) is 0.780. The molecule has 1 aromatic heterocycles.